The van der Waals surface area contributed by atoms with Crippen LogP contribution in [0.4, 0.5) is 4.39 Å². The van der Waals surface area contributed by atoms with Crippen molar-refractivity contribution in [3.8, 4) is 17.2 Å². The molecular weight excluding hydrogens is 323 g/mol. The molecule has 25 heavy (non-hydrogen) atoms. The van der Waals surface area contributed by atoms with Gasteiger partial charge in [0.25, 0.3) is 0 Å². The molecule has 2 aromatic rings. The summed E-state index contributed by atoms with van der Waals surface area (Å²) in [4.78, 5) is 2.34. The highest BCUT2D eigenvalue weighted by Crippen LogP contribution is 2.39. The van der Waals surface area contributed by atoms with Crippen LogP contribution in [0.25, 0.3) is 0 Å². The van der Waals surface area contributed by atoms with E-state index >= 15 is 0 Å². The molecule has 0 bridgehead atoms. The van der Waals surface area contributed by atoms with Crippen LogP contribution in [-0.2, 0) is 6.54 Å². The molecule has 4 rings (SSSR count). The third kappa shape index (κ3) is 3.27. The standard InChI is InChI=1S/C19H21FN2O3/c1-23-17-9-19-18(24-12-25-19)8-14(17)11-22-6-5-21-10-16(22)13-3-2-4-15(20)7-13/h2-4,7-9,16,21H,5-6,10-12H2,1H3. The number of methoxy groups -OCH3 is 1. The average molecular weight is 344 g/mol. The summed E-state index contributed by atoms with van der Waals surface area (Å²) in [5.74, 6) is 2.03. The van der Waals surface area contributed by atoms with Crippen LogP contribution in [0.3, 0.4) is 0 Å². The molecule has 2 aromatic carbocycles. The molecule has 1 unspecified atom stereocenters. The summed E-state index contributed by atoms with van der Waals surface area (Å²) in [6.45, 7) is 3.50. The summed E-state index contributed by atoms with van der Waals surface area (Å²) in [5, 5.41) is 3.40. The van der Waals surface area contributed by atoms with E-state index in [1.165, 1.54) is 6.07 Å². The Kier molecular flexibility index (Phi) is 4.46. The van der Waals surface area contributed by atoms with Crippen molar-refractivity contribution < 1.29 is 18.6 Å². The topological polar surface area (TPSA) is 43.0 Å². The molecule has 0 saturated carbocycles. The van der Waals surface area contributed by atoms with Gasteiger partial charge in [-0.2, -0.15) is 0 Å². The second-order valence-corrected chi connectivity index (χ2v) is 6.26. The maximum absolute atomic E-state index is 13.7. The zero-order chi connectivity index (χ0) is 17.2. The molecule has 0 spiro atoms. The number of piperazine rings is 1. The molecule has 1 N–H and O–H groups in total. The lowest BCUT2D eigenvalue weighted by Gasteiger charge is -2.36. The van der Waals surface area contributed by atoms with Crippen molar-refractivity contribution in [1.29, 1.82) is 0 Å². The molecule has 0 amide bonds. The first-order valence-electron chi connectivity index (χ1n) is 8.41. The summed E-state index contributed by atoms with van der Waals surface area (Å²) in [7, 11) is 1.66. The van der Waals surface area contributed by atoms with Gasteiger partial charge in [-0.25, -0.2) is 4.39 Å². The van der Waals surface area contributed by atoms with Gasteiger partial charge in [-0.05, 0) is 23.8 Å². The van der Waals surface area contributed by atoms with Gasteiger partial charge in [-0.1, -0.05) is 12.1 Å². The largest absolute Gasteiger partial charge is 0.496 e. The molecule has 6 heteroatoms. The summed E-state index contributed by atoms with van der Waals surface area (Å²) in [5.41, 5.74) is 2.02. The summed E-state index contributed by atoms with van der Waals surface area (Å²) in [6.07, 6.45) is 0. The van der Waals surface area contributed by atoms with E-state index in [0.29, 0.717) is 12.3 Å². The predicted octanol–water partition coefficient (Wildman–Crippen LogP) is 2.71. The van der Waals surface area contributed by atoms with Crippen LogP contribution in [0.1, 0.15) is 17.2 Å². The molecule has 0 radical (unpaired) electrons. The van der Waals surface area contributed by atoms with Gasteiger partial charge in [0, 0.05) is 43.9 Å². The van der Waals surface area contributed by atoms with Gasteiger partial charge >= 0.3 is 0 Å². The molecule has 2 aliphatic heterocycles. The number of hydrogen-bond acceptors (Lipinski definition) is 5. The Bertz CT molecular complexity index is 768. The first-order chi connectivity index (χ1) is 12.2. The van der Waals surface area contributed by atoms with Gasteiger partial charge in [0.05, 0.1) is 7.11 Å². The van der Waals surface area contributed by atoms with Crippen LogP contribution in [0, 0.1) is 5.82 Å². The Morgan fingerprint density at radius 1 is 1.24 bits per heavy atom. The van der Waals surface area contributed by atoms with Gasteiger partial charge in [0.2, 0.25) is 6.79 Å². The molecule has 0 aromatic heterocycles. The van der Waals surface area contributed by atoms with Crippen molar-refractivity contribution in [3.05, 3.63) is 53.3 Å². The van der Waals surface area contributed by atoms with Gasteiger partial charge < -0.3 is 19.5 Å². The zero-order valence-electron chi connectivity index (χ0n) is 14.1. The molecule has 2 aliphatic rings. The van der Waals surface area contributed by atoms with Crippen LogP contribution >= 0.6 is 0 Å². The van der Waals surface area contributed by atoms with Crippen LogP contribution in [0.5, 0.6) is 17.2 Å². The number of nitrogens with zero attached hydrogens (tertiary/aromatic N) is 1. The highest BCUT2D eigenvalue weighted by Gasteiger charge is 2.26. The molecule has 2 heterocycles. The van der Waals surface area contributed by atoms with Crippen LogP contribution in [-0.4, -0.2) is 38.4 Å². The maximum Gasteiger partial charge on any atom is 0.231 e. The number of nitrogens with one attached hydrogen (secondary N) is 1. The number of benzene rings is 2. The number of ether oxygens (including phenoxy) is 3. The summed E-state index contributed by atoms with van der Waals surface area (Å²) in [6, 6.07) is 10.8. The Balaban J connectivity index is 1.62. The highest BCUT2D eigenvalue weighted by atomic mass is 19.1. The lowest BCUT2D eigenvalue weighted by Crippen LogP contribution is -2.45. The van der Waals surface area contributed by atoms with E-state index < -0.39 is 0 Å². The third-order valence-corrected chi connectivity index (χ3v) is 4.74. The number of rotatable bonds is 4. The second-order valence-electron chi connectivity index (χ2n) is 6.26. The molecule has 5 nitrogen and oxygen atoms in total. The Morgan fingerprint density at radius 3 is 2.88 bits per heavy atom. The fourth-order valence-corrected chi connectivity index (χ4v) is 3.48. The molecule has 1 fully saturated rings. The fraction of sp³-hybridized carbons (Fsp3) is 0.368. The fourth-order valence-electron chi connectivity index (χ4n) is 3.48. The van der Waals surface area contributed by atoms with E-state index in [9.17, 15) is 4.39 Å². The second kappa shape index (κ2) is 6.90. The van der Waals surface area contributed by atoms with Crippen LogP contribution < -0.4 is 19.5 Å². The van der Waals surface area contributed by atoms with Crippen molar-refractivity contribution in [1.82, 2.24) is 10.2 Å². The number of fused-ring (bicyclic) bond motifs is 1. The first kappa shape index (κ1) is 16.2. The smallest absolute Gasteiger partial charge is 0.231 e. The molecule has 1 saturated heterocycles. The van der Waals surface area contributed by atoms with E-state index in [4.69, 9.17) is 14.2 Å². The Hall–Kier alpha value is -2.31. The van der Waals surface area contributed by atoms with Crippen LogP contribution in [0.2, 0.25) is 0 Å². The maximum atomic E-state index is 13.7. The van der Waals surface area contributed by atoms with Crippen molar-refractivity contribution >= 4 is 0 Å². The quantitative estimate of drug-likeness (QED) is 0.924. The average Bonchev–Trinajstić information content (AvgIpc) is 3.09. The Morgan fingerprint density at radius 2 is 2.08 bits per heavy atom. The predicted molar refractivity (Wildman–Crippen MR) is 91.5 cm³/mol. The van der Waals surface area contributed by atoms with Crippen molar-refractivity contribution in [3.63, 3.8) is 0 Å². The lowest BCUT2D eigenvalue weighted by atomic mass is 10.0. The molecule has 0 aliphatic carbocycles. The van der Waals surface area contributed by atoms with Gasteiger partial charge in [-0.3, -0.25) is 4.90 Å². The van der Waals surface area contributed by atoms with E-state index in [1.807, 2.05) is 18.2 Å². The van der Waals surface area contributed by atoms with Crippen molar-refractivity contribution in [2.24, 2.45) is 0 Å². The minimum absolute atomic E-state index is 0.111. The van der Waals surface area contributed by atoms with Gasteiger partial charge in [0.15, 0.2) is 11.5 Å². The third-order valence-electron chi connectivity index (χ3n) is 4.74. The van der Waals surface area contributed by atoms with E-state index in [-0.39, 0.29) is 18.7 Å². The van der Waals surface area contributed by atoms with Gasteiger partial charge in [-0.15, -0.1) is 0 Å². The van der Waals surface area contributed by atoms with Gasteiger partial charge in [0.1, 0.15) is 11.6 Å². The molecule has 1 atom stereocenters. The Labute approximate surface area is 146 Å². The van der Waals surface area contributed by atoms with Crippen LogP contribution in [0.15, 0.2) is 36.4 Å². The van der Waals surface area contributed by atoms with E-state index in [1.54, 1.807) is 19.2 Å². The lowest BCUT2D eigenvalue weighted by molar-refractivity contribution is 0.151. The molecular formula is C19H21FN2O3. The molecule has 132 valence electrons. The SMILES string of the molecule is COc1cc2c(cc1CN1CCNCC1c1cccc(F)c1)OCO2. The van der Waals surface area contributed by atoms with E-state index in [0.717, 1.165) is 42.3 Å². The van der Waals surface area contributed by atoms with E-state index in [2.05, 4.69) is 10.2 Å². The number of hydrogen-bond donors (Lipinski definition) is 1. The number of halogens is 1. The summed E-state index contributed by atoms with van der Waals surface area (Å²) < 4.78 is 30.1. The monoisotopic (exact) mass is 344 g/mol. The minimum Gasteiger partial charge on any atom is -0.496 e. The highest BCUT2D eigenvalue weighted by molar-refractivity contribution is 5.51. The zero-order valence-corrected chi connectivity index (χ0v) is 14.1. The summed E-state index contributed by atoms with van der Waals surface area (Å²) >= 11 is 0. The minimum atomic E-state index is -0.205. The first-order valence-corrected chi connectivity index (χ1v) is 8.41. The van der Waals surface area contributed by atoms with Crippen molar-refractivity contribution in [2.45, 2.75) is 12.6 Å². The normalized spacial score (nSPS) is 19.8. The van der Waals surface area contributed by atoms with Crippen molar-refractivity contribution in [2.75, 3.05) is 33.5 Å².